The van der Waals surface area contributed by atoms with Gasteiger partial charge in [-0.25, -0.2) is 4.39 Å². The van der Waals surface area contributed by atoms with E-state index in [2.05, 4.69) is 21.7 Å². The molecule has 22 heavy (non-hydrogen) atoms. The van der Waals surface area contributed by atoms with Gasteiger partial charge in [-0.3, -0.25) is 4.57 Å². The van der Waals surface area contributed by atoms with E-state index < -0.39 is 0 Å². The molecule has 1 heterocycles. The molecular weight excluding hydrogens is 279 g/mol. The molecule has 2 aromatic rings. The maximum atomic E-state index is 13.1. The molecule has 1 saturated carbocycles. The Kier molecular flexibility index (Phi) is 3.89. The lowest BCUT2D eigenvalue weighted by molar-refractivity contribution is 0.297. The van der Waals surface area contributed by atoms with Gasteiger partial charge in [-0.1, -0.05) is 26.2 Å². The molecule has 0 aliphatic heterocycles. The molecule has 4 nitrogen and oxygen atoms in total. The van der Waals surface area contributed by atoms with Crippen molar-refractivity contribution in [2.45, 2.75) is 44.4 Å². The summed E-state index contributed by atoms with van der Waals surface area (Å²) in [5.41, 5.74) is 1.01. The van der Waals surface area contributed by atoms with Crippen LogP contribution in [-0.2, 0) is 12.5 Å². The largest absolute Gasteiger partial charge is 0.314 e. The highest BCUT2D eigenvalue weighted by Crippen LogP contribution is 2.39. The first-order valence-electron chi connectivity index (χ1n) is 7.90. The minimum atomic E-state index is -0.231. The Hall–Kier alpha value is -1.91. The summed E-state index contributed by atoms with van der Waals surface area (Å²) >= 11 is 0. The molecule has 0 unspecified atom stereocenters. The lowest BCUT2D eigenvalue weighted by Crippen LogP contribution is -2.29. The second-order valence-corrected chi connectivity index (χ2v) is 6.54. The maximum absolute atomic E-state index is 13.1. The van der Waals surface area contributed by atoms with Gasteiger partial charge in [0.1, 0.15) is 11.6 Å². The Labute approximate surface area is 131 Å². The van der Waals surface area contributed by atoms with Crippen LogP contribution < -0.4 is 4.90 Å². The SMILES string of the molecule is CN(c1ccc(F)cc1)c1nnc(C2(C)CCCCC2)n1C. The summed E-state index contributed by atoms with van der Waals surface area (Å²) in [5, 5.41) is 8.85. The van der Waals surface area contributed by atoms with Gasteiger partial charge in [0, 0.05) is 25.2 Å². The predicted octanol–water partition coefficient (Wildman–Crippen LogP) is 3.94. The molecule has 1 fully saturated rings. The number of nitrogens with zero attached hydrogens (tertiary/aromatic N) is 4. The minimum absolute atomic E-state index is 0.113. The van der Waals surface area contributed by atoms with Crippen molar-refractivity contribution in [3.8, 4) is 0 Å². The molecule has 0 radical (unpaired) electrons. The van der Waals surface area contributed by atoms with E-state index in [0.717, 1.165) is 17.5 Å². The zero-order valence-corrected chi connectivity index (χ0v) is 13.5. The molecule has 1 aromatic heterocycles. The Balaban J connectivity index is 1.91. The van der Waals surface area contributed by atoms with E-state index in [0.29, 0.717) is 0 Å². The van der Waals surface area contributed by atoms with E-state index in [1.807, 2.05) is 19.0 Å². The van der Waals surface area contributed by atoms with Crippen LogP contribution in [0.2, 0.25) is 0 Å². The van der Waals surface area contributed by atoms with Gasteiger partial charge in [-0.05, 0) is 37.1 Å². The quantitative estimate of drug-likeness (QED) is 0.861. The summed E-state index contributed by atoms with van der Waals surface area (Å²) in [7, 11) is 3.95. The van der Waals surface area contributed by atoms with Crippen LogP contribution in [0.4, 0.5) is 16.0 Å². The molecule has 118 valence electrons. The van der Waals surface area contributed by atoms with E-state index in [9.17, 15) is 4.39 Å². The van der Waals surface area contributed by atoms with Gasteiger partial charge in [0.25, 0.3) is 0 Å². The molecule has 0 amide bonds. The van der Waals surface area contributed by atoms with Crippen molar-refractivity contribution in [2.75, 3.05) is 11.9 Å². The van der Waals surface area contributed by atoms with E-state index in [1.165, 1.54) is 44.2 Å². The van der Waals surface area contributed by atoms with Crippen LogP contribution in [0.25, 0.3) is 0 Å². The van der Waals surface area contributed by atoms with Crippen molar-refractivity contribution in [3.05, 3.63) is 35.9 Å². The molecule has 1 aromatic carbocycles. The van der Waals surface area contributed by atoms with Crippen LogP contribution in [0.3, 0.4) is 0 Å². The first-order valence-corrected chi connectivity index (χ1v) is 7.90. The smallest absolute Gasteiger partial charge is 0.231 e. The third-order valence-corrected chi connectivity index (χ3v) is 4.86. The number of hydrogen-bond acceptors (Lipinski definition) is 3. The normalized spacial score (nSPS) is 17.5. The molecule has 3 rings (SSSR count). The molecule has 5 heteroatoms. The summed E-state index contributed by atoms with van der Waals surface area (Å²) in [4.78, 5) is 1.95. The molecule has 0 saturated heterocycles. The van der Waals surface area contributed by atoms with Crippen molar-refractivity contribution in [2.24, 2.45) is 7.05 Å². The van der Waals surface area contributed by atoms with E-state index in [4.69, 9.17) is 0 Å². The van der Waals surface area contributed by atoms with Crippen LogP contribution in [0.15, 0.2) is 24.3 Å². The van der Waals surface area contributed by atoms with Crippen LogP contribution >= 0.6 is 0 Å². The molecule has 0 bridgehead atoms. The predicted molar refractivity (Wildman–Crippen MR) is 85.9 cm³/mol. The maximum Gasteiger partial charge on any atom is 0.231 e. The van der Waals surface area contributed by atoms with Crippen LogP contribution in [0, 0.1) is 5.82 Å². The van der Waals surface area contributed by atoms with Crippen LogP contribution in [0.5, 0.6) is 0 Å². The van der Waals surface area contributed by atoms with Gasteiger partial charge in [0.05, 0.1) is 0 Å². The zero-order valence-electron chi connectivity index (χ0n) is 13.5. The summed E-state index contributed by atoms with van der Waals surface area (Å²) < 4.78 is 15.2. The first-order chi connectivity index (χ1) is 10.5. The van der Waals surface area contributed by atoms with Crippen molar-refractivity contribution < 1.29 is 4.39 Å². The van der Waals surface area contributed by atoms with Gasteiger partial charge in [0.2, 0.25) is 5.95 Å². The number of aromatic nitrogens is 3. The third-order valence-electron chi connectivity index (χ3n) is 4.86. The Morgan fingerprint density at radius 2 is 1.73 bits per heavy atom. The number of halogens is 1. The Bertz CT molecular complexity index is 641. The zero-order chi connectivity index (χ0) is 15.7. The number of hydrogen-bond donors (Lipinski definition) is 0. The second-order valence-electron chi connectivity index (χ2n) is 6.54. The molecule has 0 spiro atoms. The van der Waals surface area contributed by atoms with Gasteiger partial charge in [-0.15, -0.1) is 10.2 Å². The van der Waals surface area contributed by atoms with Gasteiger partial charge in [0.15, 0.2) is 0 Å². The molecular formula is C17H23FN4. The number of rotatable bonds is 3. The third kappa shape index (κ3) is 2.60. The molecule has 1 aliphatic carbocycles. The highest BCUT2D eigenvalue weighted by atomic mass is 19.1. The van der Waals surface area contributed by atoms with Gasteiger partial charge >= 0.3 is 0 Å². The lowest BCUT2D eigenvalue weighted by Gasteiger charge is -2.32. The summed E-state index contributed by atoms with van der Waals surface area (Å²) in [6.07, 6.45) is 6.16. The average molecular weight is 302 g/mol. The van der Waals surface area contributed by atoms with Gasteiger partial charge in [-0.2, -0.15) is 0 Å². The highest BCUT2D eigenvalue weighted by Gasteiger charge is 2.34. The summed E-state index contributed by atoms with van der Waals surface area (Å²) in [6.45, 7) is 2.29. The molecule has 1 aliphatic rings. The van der Waals surface area contributed by atoms with E-state index in [1.54, 1.807) is 12.1 Å². The monoisotopic (exact) mass is 302 g/mol. The fourth-order valence-electron chi connectivity index (χ4n) is 3.47. The Morgan fingerprint density at radius 3 is 2.36 bits per heavy atom. The number of benzene rings is 1. The molecule has 0 N–H and O–H groups in total. The van der Waals surface area contributed by atoms with E-state index in [-0.39, 0.29) is 11.2 Å². The topological polar surface area (TPSA) is 34.0 Å². The lowest BCUT2D eigenvalue weighted by atomic mass is 9.75. The van der Waals surface area contributed by atoms with Crippen LogP contribution in [0.1, 0.15) is 44.9 Å². The Morgan fingerprint density at radius 1 is 1.09 bits per heavy atom. The van der Waals surface area contributed by atoms with E-state index >= 15 is 0 Å². The summed E-state index contributed by atoms with van der Waals surface area (Å²) in [6, 6.07) is 6.44. The average Bonchev–Trinajstić information content (AvgIpc) is 2.90. The van der Waals surface area contributed by atoms with Crippen LogP contribution in [-0.4, -0.2) is 21.8 Å². The standard InChI is InChI=1S/C17H23FN4/c1-17(11-5-4-6-12-17)15-19-20-16(22(15)3)21(2)14-9-7-13(18)8-10-14/h7-10H,4-6,11-12H2,1-3H3. The van der Waals surface area contributed by atoms with Crippen molar-refractivity contribution in [1.82, 2.24) is 14.8 Å². The summed E-state index contributed by atoms with van der Waals surface area (Å²) in [5.74, 6) is 1.61. The fourth-order valence-corrected chi connectivity index (χ4v) is 3.47. The second kappa shape index (κ2) is 5.71. The fraction of sp³-hybridized carbons (Fsp3) is 0.529. The van der Waals surface area contributed by atoms with Crippen molar-refractivity contribution in [1.29, 1.82) is 0 Å². The van der Waals surface area contributed by atoms with Crippen molar-refractivity contribution >= 4 is 11.6 Å². The highest BCUT2D eigenvalue weighted by molar-refractivity contribution is 5.56. The minimum Gasteiger partial charge on any atom is -0.314 e. The number of anilines is 2. The molecule has 0 atom stereocenters. The van der Waals surface area contributed by atoms with Gasteiger partial charge < -0.3 is 4.90 Å². The van der Waals surface area contributed by atoms with Crippen molar-refractivity contribution in [3.63, 3.8) is 0 Å². The first kappa shape index (κ1) is 15.0.